The van der Waals surface area contributed by atoms with Gasteiger partial charge < -0.3 is 5.32 Å². The number of sulfonamides is 1. The van der Waals surface area contributed by atoms with Crippen molar-refractivity contribution in [3.63, 3.8) is 0 Å². The molecule has 0 aliphatic heterocycles. The van der Waals surface area contributed by atoms with E-state index in [2.05, 4.69) is 15.0 Å². The van der Waals surface area contributed by atoms with E-state index in [0.29, 0.717) is 17.9 Å². The molecular formula is C14H19N3O2S2. The second kappa shape index (κ2) is 6.55. The van der Waals surface area contributed by atoms with Gasteiger partial charge in [0.05, 0.1) is 10.6 Å². The number of benzene rings is 1. The van der Waals surface area contributed by atoms with Crippen molar-refractivity contribution in [2.75, 3.05) is 18.9 Å². The van der Waals surface area contributed by atoms with Crippen LogP contribution < -0.4 is 10.0 Å². The smallest absolute Gasteiger partial charge is 0.240 e. The molecular weight excluding hydrogens is 306 g/mol. The van der Waals surface area contributed by atoms with Crippen molar-refractivity contribution in [3.05, 3.63) is 40.4 Å². The van der Waals surface area contributed by atoms with E-state index in [0.717, 1.165) is 22.0 Å². The quantitative estimate of drug-likeness (QED) is 0.855. The maximum atomic E-state index is 12.3. The van der Waals surface area contributed by atoms with Gasteiger partial charge in [-0.05, 0) is 25.5 Å². The number of aryl methyl sites for hydroxylation is 2. The highest BCUT2D eigenvalue weighted by Crippen LogP contribution is 2.17. The molecule has 1 aromatic carbocycles. The number of nitrogens with one attached hydrogen (secondary N) is 2. The number of aromatic nitrogens is 1. The van der Waals surface area contributed by atoms with Gasteiger partial charge in [0, 0.05) is 25.4 Å². The van der Waals surface area contributed by atoms with Gasteiger partial charge in [-0.2, -0.15) is 0 Å². The zero-order chi connectivity index (χ0) is 15.5. The van der Waals surface area contributed by atoms with Crippen LogP contribution in [0.3, 0.4) is 0 Å². The topological polar surface area (TPSA) is 71.1 Å². The van der Waals surface area contributed by atoms with Crippen LogP contribution in [0.25, 0.3) is 0 Å². The molecule has 114 valence electrons. The fraction of sp³-hybridized carbons (Fsp3) is 0.357. The Hall–Kier alpha value is -1.44. The molecule has 0 amide bonds. The normalized spacial score (nSPS) is 11.6. The van der Waals surface area contributed by atoms with Gasteiger partial charge >= 0.3 is 0 Å². The van der Waals surface area contributed by atoms with Crippen LogP contribution in [0.2, 0.25) is 0 Å². The van der Waals surface area contributed by atoms with Gasteiger partial charge in [0.25, 0.3) is 0 Å². The Labute approximate surface area is 129 Å². The van der Waals surface area contributed by atoms with Gasteiger partial charge in [-0.25, -0.2) is 18.1 Å². The molecule has 0 bridgehead atoms. The third kappa shape index (κ3) is 4.03. The van der Waals surface area contributed by atoms with Crippen LogP contribution in [0.1, 0.15) is 16.8 Å². The van der Waals surface area contributed by atoms with Crippen LogP contribution in [0.15, 0.2) is 28.5 Å². The highest BCUT2D eigenvalue weighted by atomic mass is 32.2. The van der Waals surface area contributed by atoms with Crippen molar-refractivity contribution in [2.45, 2.75) is 25.2 Å². The third-order valence-corrected chi connectivity index (χ3v) is 5.59. The molecule has 0 fully saturated rings. The lowest BCUT2D eigenvalue weighted by atomic mass is 10.2. The minimum atomic E-state index is -3.47. The van der Waals surface area contributed by atoms with Crippen LogP contribution in [-0.2, 0) is 16.4 Å². The lowest BCUT2D eigenvalue weighted by Crippen LogP contribution is -2.26. The fourth-order valence-corrected chi connectivity index (χ4v) is 3.99. The van der Waals surface area contributed by atoms with Gasteiger partial charge in [-0.1, -0.05) is 17.7 Å². The van der Waals surface area contributed by atoms with Crippen molar-refractivity contribution in [2.24, 2.45) is 0 Å². The molecule has 2 rings (SSSR count). The fourth-order valence-electron chi connectivity index (χ4n) is 2.03. The van der Waals surface area contributed by atoms with Crippen molar-refractivity contribution < 1.29 is 8.42 Å². The molecule has 1 heterocycles. The molecule has 0 unspecified atom stereocenters. The van der Waals surface area contributed by atoms with E-state index in [1.807, 2.05) is 25.4 Å². The Balaban J connectivity index is 2.01. The van der Waals surface area contributed by atoms with E-state index < -0.39 is 10.0 Å². The largest absolute Gasteiger partial charge is 0.365 e. The summed E-state index contributed by atoms with van der Waals surface area (Å²) in [4.78, 5) is 4.66. The van der Waals surface area contributed by atoms with Crippen LogP contribution in [0.5, 0.6) is 0 Å². The minimum Gasteiger partial charge on any atom is -0.365 e. The zero-order valence-electron chi connectivity index (χ0n) is 12.3. The molecule has 0 radical (unpaired) electrons. The first-order chi connectivity index (χ1) is 9.92. The van der Waals surface area contributed by atoms with Gasteiger partial charge in [0.1, 0.15) is 0 Å². The van der Waals surface area contributed by atoms with Gasteiger partial charge in [0.2, 0.25) is 10.0 Å². The molecule has 0 saturated heterocycles. The minimum absolute atomic E-state index is 0.335. The van der Waals surface area contributed by atoms with E-state index in [4.69, 9.17) is 0 Å². The Morgan fingerprint density at radius 3 is 2.67 bits per heavy atom. The second-order valence-electron chi connectivity index (χ2n) is 4.81. The van der Waals surface area contributed by atoms with E-state index in [1.54, 1.807) is 19.1 Å². The summed E-state index contributed by atoms with van der Waals surface area (Å²) in [6, 6.07) is 5.32. The predicted molar refractivity (Wildman–Crippen MR) is 86.5 cm³/mol. The van der Waals surface area contributed by atoms with Gasteiger partial charge in [0.15, 0.2) is 5.13 Å². The Bertz CT molecular complexity index is 724. The first kappa shape index (κ1) is 15.9. The SMILES string of the molecule is CNc1nc(CCNS(=O)(=O)c2ccc(C)cc2C)cs1. The average Bonchev–Trinajstić information content (AvgIpc) is 2.86. The maximum Gasteiger partial charge on any atom is 0.240 e. The Kier molecular flexibility index (Phi) is 4.97. The summed E-state index contributed by atoms with van der Waals surface area (Å²) in [5, 5.41) is 5.72. The van der Waals surface area contributed by atoms with Gasteiger partial charge in [-0.3, -0.25) is 0 Å². The number of rotatable bonds is 6. The third-order valence-electron chi connectivity index (χ3n) is 3.06. The molecule has 2 aromatic rings. The lowest BCUT2D eigenvalue weighted by Gasteiger charge is -2.09. The Morgan fingerprint density at radius 2 is 2.05 bits per heavy atom. The molecule has 1 aromatic heterocycles. The summed E-state index contributed by atoms with van der Waals surface area (Å²) in [6.07, 6.45) is 0.572. The molecule has 2 N–H and O–H groups in total. The standard InChI is InChI=1S/C14H19N3O2S2/c1-10-4-5-13(11(2)8-10)21(18,19)16-7-6-12-9-20-14(15-3)17-12/h4-5,8-9,16H,6-7H2,1-3H3,(H,15,17). The van der Waals surface area contributed by atoms with Crippen LogP contribution in [-0.4, -0.2) is 27.0 Å². The van der Waals surface area contributed by atoms with E-state index in [-0.39, 0.29) is 0 Å². The van der Waals surface area contributed by atoms with E-state index in [9.17, 15) is 8.42 Å². The number of thiazole rings is 1. The van der Waals surface area contributed by atoms with E-state index in [1.165, 1.54) is 11.3 Å². The average molecular weight is 325 g/mol. The monoisotopic (exact) mass is 325 g/mol. The van der Waals surface area contributed by atoms with Gasteiger partial charge in [-0.15, -0.1) is 11.3 Å². The van der Waals surface area contributed by atoms with Crippen molar-refractivity contribution in [3.8, 4) is 0 Å². The predicted octanol–water partition coefficient (Wildman–Crippen LogP) is 2.32. The highest BCUT2D eigenvalue weighted by molar-refractivity contribution is 7.89. The number of nitrogens with zero attached hydrogens (tertiary/aromatic N) is 1. The summed E-state index contributed by atoms with van der Waals surface area (Å²) >= 11 is 1.51. The molecule has 0 aliphatic carbocycles. The molecule has 0 aliphatic rings. The first-order valence-electron chi connectivity index (χ1n) is 6.61. The number of anilines is 1. The molecule has 0 spiro atoms. The second-order valence-corrected chi connectivity index (χ2v) is 7.40. The maximum absolute atomic E-state index is 12.3. The zero-order valence-corrected chi connectivity index (χ0v) is 13.9. The van der Waals surface area contributed by atoms with Crippen LogP contribution >= 0.6 is 11.3 Å². The summed E-state index contributed by atoms with van der Waals surface area (Å²) in [5.41, 5.74) is 2.69. The summed E-state index contributed by atoms with van der Waals surface area (Å²) in [6.45, 7) is 4.09. The number of hydrogen-bond donors (Lipinski definition) is 2. The van der Waals surface area contributed by atoms with Crippen molar-refractivity contribution >= 4 is 26.5 Å². The lowest BCUT2D eigenvalue weighted by molar-refractivity contribution is 0.581. The van der Waals surface area contributed by atoms with Crippen LogP contribution in [0.4, 0.5) is 5.13 Å². The van der Waals surface area contributed by atoms with Crippen molar-refractivity contribution in [1.29, 1.82) is 0 Å². The molecule has 0 atom stereocenters. The van der Waals surface area contributed by atoms with Crippen molar-refractivity contribution in [1.82, 2.24) is 9.71 Å². The summed E-state index contributed by atoms with van der Waals surface area (Å²) in [5.74, 6) is 0. The molecule has 5 nitrogen and oxygen atoms in total. The molecule has 0 saturated carbocycles. The van der Waals surface area contributed by atoms with E-state index >= 15 is 0 Å². The highest BCUT2D eigenvalue weighted by Gasteiger charge is 2.16. The Morgan fingerprint density at radius 1 is 1.29 bits per heavy atom. The number of hydrogen-bond acceptors (Lipinski definition) is 5. The molecule has 21 heavy (non-hydrogen) atoms. The summed E-state index contributed by atoms with van der Waals surface area (Å²) in [7, 11) is -1.66. The first-order valence-corrected chi connectivity index (χ1v) is 8.98. The van der Waals surface area contributed by atoms with Crippen LogP contribution in [0, 0.1) is 13.8 Å². The molecule has 7 heteroatoms. The summed E-state index contributed by atoms with van der Waals surface area (Å²) < 4.78 is 27.2.